The molecule has 3 heterocycles. The molecule has 0 radical (unpaired) electrons. The van der Waals surface area contributed by atoms with E-state index in [0.29, 0.717) is 33.2 Å². The quantitative estimate of drug-likeness (QED) is 0.266. The van der Waals surface area contributed by atoms with E-state index in [4.69, 9.17) is 0 Å². The first-order valence-corrected chi connectivity index (χ1v) is 14.0. The fourth-order valence-electron chi connectivity index (χ4n) is 4.25. The van der Waals surface area contributed by atoms with Gasteiger partial charge in [-0.1, -0.05) is 24.6 Å². The Morgan fingerprint density at radius 3 is 2.47 bits per heavy atom. The fourth-order valence-corrected chi connectivity index (χ4v) is 6.24. The van der Waals surface area contributed by atoms with Crippen LogP contribution in [0.15, 0.2) is 88.8 Å². The smallest absolute Gasteiger partial charge is 0.267 e. The lowest BCUT2D eigenvalue weighted by Crippen LogP contribution is -2.31. The summed E-state index contributed by atoms with van der Waals surface area (Å²) < 4.78 is 43.7. The summed E-state index contributed by atoms with van der Waals surface area (Å²) >= 11 is 3.39. The molecule has 38 heavy (non-hydrogen) atoms. The molecule has 194 valence electrons. The lowest BCUT2D eigenvalue weighted by atomic mass is 10.1. The van der Waals surface area contributed by atoms with E-state index in [1.807, 2.05) is 13.8 Å². The van der Waals surface area contributed by atoms with Gasteiger partial charge in [0.15, 0.2) is 0 Å². The van der Waals surface area contributed by atoms with Gasteiger partial charge >= 0.3 is 0 Å². The zero-order valence-corrected chi connectivity index (χ0v) is 22.9. The van der Waals surface area contributed by atoms with Gasteiger partial charge in [0, 0.05) is 22.3 Å². The van der Waals surface area contributed by atoms with Gasteiger partial charge in [0.1, 0.15) is 5.82 Å². The normalized spacial score (nSPS) is 12.5. The molecule has 0 fully saturated rings. The summed E-state index contributed by atoms with van der Waals surface area (Å²) in [6.07, 6.45) is 6.49. The zero-order valence-electron chi connectivity index (χ0n) is 20.5. The molecule has 0 aliphatic carbocycles. The third-order valence-corrected chi connectivity index (χ3v) is 8.38. The van der Waals surface area contributed by atoms with E-state index >= 15 is 0 Å². The van der Waals surface area contributed by atoms with Crippen molar-refractivity contribution in [1.82, 2.24) is 24.1 Å². The van der Waals surface area contributed by atoms with Crippen molar-refractivity contribution in [1.29, 1.82) is 0 Å². The number of rotatable bonds is 7. The summed E-state index contributed by atoms with van der Waals surface area (Å²) in [6.45, 7) is 3.75. The summed E-state index contributed by atoms with van der Waals surface area (Å²) in [5.41, 5.74) is 2.84. The van der Waals surface area contributed by atoms with Crippen molar-refractivity contribution in [3.05, 3.63) is 106 Å². The van der Waals surface area contributed by atoms with Crippen molar-refractivity contribution in [2.75, 3.05) is 0 Å². The Bertz CT molecular complexity index is 1750. The molecule has 5 rings (SSSR count). The van der Waals surface area contributed by atoms with Gasteiger partial charge in [-0.2, -0.15) is 5.10 Å². The van der Waals surface area contributed by atoms with Crippen molar-refractivity contribution in [3.63, 3.8) is 0 Å². The lowest BCUT2D eigenvalue weighted by Gasteiger charge is -2.20. The molecule has 2 aromatic carbocycles. The van der Waals surface area contributed by atoms with Crippen LogP contribution in [0.2, 0.25) is 0 Å². The largest absolute Gasteiger partial charge is 0.344 e. The summed E-state index contributed by atoms with van der Waals surface area (Å²) in [7, 11) is -3.90. The molecule has 3 aromatic heterocycles. The number of aryl methyl sites for hydroxylation is 1. The van der Waals surface area contributed by atoms with Gasteiger partial charge in [-0.05, 0) is 71.7 Å². The van der Waals surface area contributed by atoms with Crippen molar-refractivity contribution >= 4 is 42.8 Å². The number of pyridine rings is 1. The Labute approximate surface area is 227 Å². The molecule has 1 N–H and O–H groups in total. The Morgan fingerprint density at radius 1 is 1.08 bits per heavy atom. The van der Waals surface area contributed by atoms with E-state index in [-0.39, 0.29) is 16.3 Å². The van der Waals surface area contributed by atoms with E-state index in [1.165, 1.54) is 28.5 Å². The van der Waals surface area contributed by atoms with Crippen molar-refractivity contribution in [2.24, 2.45) is 0 Å². The van der Waals surface area contributed by atoms with Gasteiger partial charge in [0.05, 0.1) is 45.8 Å². The number of amides is 1. The van der Waals surface area contributed by atoms with Crippen LogP contribution in [0.5, 0.6) is 0 Å². The Kier molecular flexibility index (Phi) is 6.89. The Balaban J connectivity index is 1.49. The average Bonchev–Trinajstić information content (AvgIpc) is 3.52. The van der Waals surface area contributed by atoms with E-state index in [0.717, 1.165) is 5.56 Å². The van der Waals surface area contributed by atoms with Crippen LogP contribution in [0, 0.1) is 12.7 Å². The summed E-state index contributed by atoms with van der Waals surface area (Å²) in [5, 5.41) is 7.89. The van der Waals surface area contributed by atoms with Crippen LogP contribution in [0.4, 0.5) is 4.39 Å². The van der Waals surface area contributed by atoms with E-state index < -0.39 is 22.0 Å². The molecular weight excluding hydrogens is 573 g/mol. The standard InChI is InChI=1S/C27H23BrFN5O3S/c1-3-24(25-12-18(28)16-33(25)38(36,37)21-10-4-17(2)5-11-21)32-27(35)23-13-30-15-26-22(23)14-31-34(26)20-8-6-19(29)7-9-20/h4-16,24H,3H2,1-2H3,(H,32,35)/t24-/m0/s1. The van der Waals surface area contributed by atoms with Crippen LogP contribution < -0.4 is 5.32 Å². The number of halogens is 2. The molecule has 8 nitrogen and oxygen atoms in total. The minimum absolute atomic E-state index is 0.149. The first kappa shape index (κ1) is 25.8. The molecule has 1 amide bonds. The van der Waals surface area contributed by atoms with Gasteiger partial charge in [0.2, 0.25) is 0 Å². The number of carbonyl (C=O) groups excluding carboxylic acids is 1. The minimum Gasteiger partial charge on any atom is -0.344 e. The predicted octanol–water partition coefficient (Wildman–Crippen LogP) is 5.55. The number of benzene rings is 2. The topological polar surface area (TPSA) is 98.9 Å². The average molecular weight is 596 g/mol. The number of hydrogen-bond acceptors (Lipinski definition) is 5. The van der Waals surface area contributed by atoms with Crippen LogP contribution in [0.25, 0.3) is 16.6 Å². The molecule has 0 unspecified atom stereocenters. The first-order chi connectivity index (χ1) is 18.2. The molecule has 0 bridgehead atoms. The van der Waals surface area contributed by atoms with Crippen LogP contribution in [0.1, 0.15) is 41.0 Å². The molecule has 0 aliphatic rings. The molecule has 0 spiro atoms. The Hall–Kier alpha value is -3.83. The molecule has 0 saturated heterocycles. The first-order valence-electron chi connectivity index (χ1n) is 11.8. The van der Waals surface area contributed by atoms with E-state index in [9.17, 15) is 17.6 Å². The maximum absolute atomic E-state index is 13.5. The molecule has 11 heteroatoms. The molecule has 0 saturated carbocycles. The van der Waals surface area contributed by atoms with Crippen LogP contribution in [0.3, 0.4) is 0 Å². The Morgan fingerprint density at radius 2 is 1.79 bits per heavy atom. The van der Waals surface area contributed by atoms with Gasteiger partial charge < -0.3 is 5.32 Å². The molecule has 0 aliphatic heterocycles. The van der Waals surface area contributed by atoms with Gasteiger partial charge in [0.25, 0.3) is 15.9 Å². The summed E-state index contributed by atoms with van der Waals surface area (Å²) in [4.78, 5) is 17.8. The van der Waals surface area contributed by atoms with Crippen LogP contribution >= 0.6 is 15.9 Å². The zero-order chi connectivity index (χ0) is 27.0. The second-order valence-corrected chi connectivity index (χ2v) is 11.5. The van der Waals surface area contributed by atoms with E-state index in [2.05, 4.69) is 31.3 Å². The second kappa shape index (κ2) is 10.1. The minimum atomic E-state index is -3.90. The predicted molar refractivity (Wildman–Crippen MR) is 145 cm³/mol. The maximum atomic E-state index is 13.5. The number of hydrogen-bond donors (Lipinski definition) is 1. The number of nitrogens with zero attached hydrogens (tertiary/aromatic N) is 4. The summed E-state index contributed by atoms with van der Waals surface area (Å²) in [6, 6.07) is 13.5. The highest BCUT2D eigenvalue weighted by Gasteiger charge is 2.26. The molecular formula is C27H23BrFN5O3S. The van der Waals surface area contributed by atoms with Crippen molar-refractivity contribution < 1.29 is 17.6 Å². The fraction of sp³-hybridized carbons (Fsp3) is 0.148. The second-order valence-electron chi connectivity index (χ2n) is 8.78. The lowest BCUT2D eigenvalue weighted by molar-refractivity contribution is 0.0936. The molecule has 5 aromatic rings. The molecule has 1 atom stereocenters. The number of aromatic nitrogens is 4. The highest BCUT2D eigenvalue weighted by molar-refractivity contribution is 9.10. The SMILES string of the molecule is CC[C@H](NC(=O)c1cncc2c1cnn2-c1ccc(F)cc1)c1cc(Br)cn1S(=O)(=O)c1ccc(C)cc1. The highest BCUT2D eigenvalue weighted by Crippen LogP contribution is 2.29. The van der Waals surface area contributed by atoms with Gasteiger partial charge in [-0.25, -0.2) is 21.5 Å². The maximum Gasteiger partial charge on any atom is 0.267 e. The third kappa shape index (κ3) is 4.74. The summed E-state index contributed by atoms with van der Waals surface area (Å²) in [5.74, 6) is -0.792. The number of nitrogens with one attached hydrogen (secondary N) is 1. The van der Waals surface area contributed by atoms with Gasteiger partial charge in [-0.3, -0.25) is 9.78 Å². The third-order valence-electron chi connectivity index (χ3n) is 6.24. The monoisotopic (exact) mass is 595 g/mol. The van der Waals surface area contributed by atoms with Crippen LogP contribution in [-0.2, 0) is 10.0 Å². The number of carbonyl (C=O) groups is 1. The van der Waals surface area contributed by atoms with Crippen molar-refractivity contribution in [3.8, 4) is 5.69 Å². The van der Waals surface area contributed by atoms with E-state index in [1.54, 1.807) is 59.5 Å². The van der Waals surface area contributed by atoms with Gasteiger partial charge in [-0.15, -0.1) is 0 Å². The number of fused-ring (bicyclic) bond motifs is 1. The highest BCUT2D eigenvalue weighted by atomic mass is 79.9. The van der Waals surface area contributed by atoms with Crippen LogP contribution in [-0.4, -0.2) is 33.1 Å². The van der Waals surface area contributed by atoms with Crippen molar-refractivity contribution in [2.45, 2.75) is 31.2 Å².